The van der Waals surface area contributed by atoms with Gasteiger partial charge in [-0.05, 0) is 43.2 Å². The van der Waals surface area contributed by atoms with Gasteiger partial charge in [-0.15, -0.1) is 0 Å². The molecular formula is C19H22N2O2. The Balaban J connectivity index is 1.92. The number of benzene rings is 2. The number of amides is 2. The molecule has 0 radical (unpaired) electrons. The molecule has 0 heterocycles. The second-order valence-corrected chi connectivity index (χ2v) is 5.57. The van der Waals surface area contributed by atoms with Gasteiger partial charge in [-0.1, -0.05) is 37.3 Å². The highest BCUT2D eigenvalue weighted by Gasteiger charge is 2.09. The average molecular weight is 310 g/mol. The van der Waals surface area contributed by atoms with Crippen molar-refractivity contribution in [3.63, 3.8) is 0 Å². The fourth-order valence-electron chi connectivity index (χ4n) is 2.10. The first kappa shape index (κ1) is 16.7. The molecule has 0 unspecified atom stereocenters. The molecule has 23 heavy (non-hydrogen) atoms. The summed E-state index contributed by atoms with van der Waals surface area (Å²) in [5, 5.41) is 5.75. The molecule has 0 bridgehead atoms. The predicted octanol–water partition coefficient (Wildman–Crippen LogP) is 3.40. The molecule has 0 saturated carbocycles. The predicted molar refractivity (Wildman–Crippen MR) is 92.4 cm³/mol. The van der Waals surface area contributed by atoms with E-state index in [4.69, 9.17) is 0 Å². The Morgan fingerprint density at radius 1 is 1.00 bits per heavy atom. The third-order valence-electron chi connectivity index (χ3n) is 3.63. The lowest BCUT2D eigenvalue weighted by atomic mass is 10.1. The molecule has 0 aliphatic rings. The Hall–Kier alpha value is -2.62. The van der Waals surface area contributed by atoms with Crippen molar-refractivity contribution in [3.05, 3.63) is 65.7 Å². The Morgan fingerprint density at radius 2 is 1.65 bits per heavy atom. The summed E-state index contributed by atoms with van der Waals surface area (Å²) in [5.74, 6) is -0.172. The van der Waals surface area contributed by atoms with Crippen molar-refractivity contribution >= 4 is 17.5 Å². The maximum atomic E-state index is 12.0. The van der Waals surface area contributed by atoms with Gasteiger partial charge in [0.05, 0.1) is 6.42 Å². The highest BCUT2D eigenvalue weighted by molar-refractivity contribution is 5.96. The molecule has 2 aromatic carbocycles. The number of nitrogens with one attached hydrogen (secondary N) is 2. The van der Waals surface area contributed by atoms with E-state index in [0.717, 1.165) is 12.0 Å². The van der Waals surface area contributed by atoms with Crippen LogP contribution >= 0.6 is 0 Å². The summed E-state index contributed by atoms with van der Waals surface area (Å²) in [5.41, 5.74) is 2.24. The summed E-state index contributed by atoms with van der Waals surface area (Å²) in [6.45, 7) is 3.99. The van der Waals surface area contributed by atoms with Crippen molar-refractivity contribution in [2.45, 2.75) is 32.7 Å². The normalized spacial score (nSPS) is 11.6. The molecule has 0 aromatic heterocycles. The number of hydrogen-bond acceptors (Lipinski definition) is 2. The van der Waals surface area contributed by atoms with Crippen LogP contribution in [0.25, 0.3) is 0 Å². The summed E-state index contributed by atoms with van der Waals surface area (Å²) in [7, 11) is 0. The van der Waals surface area contributed by atoms with Crippen LogP contribution in [0.1, 0.15) is 36.2 Å². The average Bonchev–Trinajstić information content (AvgIpc) is 2.56. The Kier molecular flexibility index (Phi) is 5.92. The summed E-state index contributed by atoms with van der Waals surface area (Å²) in [6.07, 6.45) is 1.22. The molecule has 4 nitrogen and oxygen atoms in total. The maximum absolute atomic E-state index is 12.0. The van der Waals surface area contributed by atoms with Crippen LogP contribution in [-0.4, -0.2) is 17.9 Å². The topological polar surface area (TPSA) is 58.2 Å². The van der Waals surface area contributed by atoms with Gasteiger partial charge in [0.25, 0.3) is 5.91 Å². The van der Waals surface area contributed by atoms with Crippen molar-refractivity contribution in [1.82, 2.24) is 5.32 Å². The molecule has 2 N–H and O–H groups in total. The van der Waals surface area contributed by atoms with E-state index in [1.54, 1.807) is 24.3 Å². The van der Waals surface area contributed by atoms with E-state index >= 15 is 0 Å². The Morgan fingerprint density at radius 3 is 2.26 bits per heavy atom. The highest BCUT2D eigenvalue weighted by atomic mass is 16.2. The first-order chi connectivity index (χ1) is 11.1. The molecule has 2 rings (SSSR count). The van der Waals surface area contributed by atoms with E-state index in [1.165, 1.54) is 0 Å². The zero-order chi connectivity index (χ0) is 16.7. The van der Waals surface area contributed by atoms with Crippen molar-refractivity contribution in [1.29, 1.82) is 0 Å². The monoisotopic (exact) mass is 310 g/mol. The van der Waals surface area contributed by atoms with Crippen LogP contribution in [0.4, 0.5) is 5.69 Å². The highest BCUT2D eigenvalue weighted by Crippen LogP contribution is 2.11. The van der Waals surface area contributed by atoms with Gasteiger partial charge in [0.1, 0.15) is 0 Å². The van der Waals surface area contributed by atoms with Gasteiger partial charge < -0.3 is 10.6 Å². The standard InChI is InChI=1S/C19H22N2O2/c1-3-14(2)20-19(23)16-9-11-17(12-10-16)21-18(22)13-15-7-5-4-6-8-15/h4-12,14H,3,13H2,1-2H3,(H,20,23)(H,21,22)/t14-/m0/s1. The van der Waals surface area contributed by atoms with E-state index in [-0.39, 0.29) is 17.9 Å². The van der Waals surface area contributed by atoms with E-state index in [9.17, 15) is 9.59 Å². The van der Waals surface area contributed by atoms with E-state index in [0.29, 0.717) is 17.7 Å². The van der Waals surface area contributed by atoms with Crippen LogP contribution in [0.15, 0.2) is 54.6 Å². The first-order valence-corrected chi connectivity index (χ1v) is 7.83. The lowest BCUT2D eigenvalue weighted by Gasteiger charge is -2.11. The van der Waals surface area contributed by atoms with Crippen molar-refractivity contribution in [2.75, 3.05) is 5.32 Å². The van der Waals surface area contributed by atoms with Crippen LogP contribution in [0, 0.1) is 0 Å². The molecular weight excluding hydrogens is 288 g/mol. The van der Waals surface area contributed by atoms with E-state index in [1.807, 2.05) is 44.2 Å². The molecule has 0 aliphatic carbocycles. The number of rotatable bonds is 6. The van der Waals surface area contributed by atoms with Gasteiger partial charge in [-0.2, -0.15) is 0 Å². The summed E-state index contributed by atoms with van der Waals surface area (Å²) in [4.78, 5) is 24.0. The smallest absolute Gasteiger partial charge is 0.251 e. The van der Waals surface area contributed by atoms with Gasteiger partial charge in [0.2, 0.25) is 5.91 Å². The second kappa shape index (κ2) is 8.13. The van der Waals surface area contributed by atoms with Crippen molar-refractivity contribution < 1.29 is 9.59 Å². The van der Waals surface area contributed by atoms with Gasteiger partial charge in [-0.25, -0.2) is 0 Å². The lowest BCUT2D eigenvalue weighted by molar-refractivity contribution is -0.115. The molecule has 2 amide bonds. The van der Waals surface area contributed by atoms with Crippen LogP contribution in [0.5, 0.6) is 0 Å². The fourth-order valence-corrected chi connectivity index (χ4v) is 2.10. The third-order valence-corrected chi connectivity index (χ3v) is 3.63. The number of anilines is 1. The minimum atomic E-state index is -0.0958. The van der Waals surface area contributed by atoms with Crippen LogP contribution in [0.3, 0.4) is 0 Å². The molecule has 0 spiro atoms. The second-order valence-electron chi connectivity index (χ2n) is 5.57. The SMILES string of the molecule is CC[C@H](C)NC(=O)c1ccc(NC(=O)Cc2ccccc2)cc1. The van der Waals surface area contributed by atoms with Crippen molar-refractivity contribution in [2.24, 2.45) is 0 Å². The molecule has 4 heteroatoms. The zero-order valence-electron chi connectivity index (χ0n) is 13.5. The molecule has 0 aliphatic heterocycles. The van der Waals surface area contributed by atoms with E-state index < -0.39 is 0 Å². The minimum Gasteiger partial charge on any atom is -0.350 e. The number of carbonyl (C=O) groups excluding carboxylic acids is 2. The molecule has 0 saturated heterocycles. The van der Waals surface area contributed by atoms with Gasteiger partial charge >= 0.3 is 0 Å². The van der Waals surface area contributed by atoms with E-state index in [2.05, 4.69) is 10.6 Å². The molecule has 0 fully saturated rings. The molecule has 1 atom stereocenters. The van der Waals surface area contributed by atoms with Crippen molar-refractivity contribution in [3.8, 4) is 0 Å². The quantitative estimate of drug-likeness (QED) is 0.859. The number of carbonyl (C=O) groups is 2. The summed E-state index contributed by atoms with van der Waals surface area (Å²) in [6, 6.07) is 16.6. The maximum Gasteiger partial charge on any atom is 0.251 e. The summed E-state index contributed by atoms with van der Waals surface area (Å²) >= 11 is 0. The lowest BCUT2D eigenvalue weighted by Crippen LogP contribution is -2.31. The minimum absolute atomic E-state index is 0.0759. The fraction of sp³-hybridized carbons (Fsp3) is 0.263. The molecule has 120 valence electrons. The van der Waals surface area contributed by atoms with Crippen LogP contribution in [-0.2, 0) is 11.2 Å². The third kappa shape index (κ3) is 5.25. The molecule has 2 aromatic rings. The summed E-state index contributed by atoms with van der Waals surface area (Å²) < 4.78 is 0. The van der Waals surface area contributed by atoms with Gasteiger partial charge in [0.15, 0.2) is 0 Å². The van der Waals surface area contributed by atoms with Gasteiger partial charge in [-0.3, -0.25) is 9.59 Å². The zero-order valence-corrected chi connectivity index (χ0v) is 13.5. The first-order valence-electron chi connectivity index (χ1n) is 7.83. The number of hydrogen-bond donors (Lipinski definition) is 2. The van der Waals surface area contributed by atoms with Crippen LogP contribution < -0.4 is 10.6 Å². The Bertz CT molecular complexity index is 651. The Labute approximate surface area is 136 Å². The van der Waals surface area contributed by atoms with Crippen LogP contribution in [0.2, 0.25) is 0 Å². The van der Waals surface area contributed by atoms with Gasteiger partial charge in [0, 0.05) is 17.3 Å². The largest absolute Gasteiger partial charge is 0.350 e.